The van der Waals surface area contributed by atoms with E-state index in [2.05, 4.69) is 10.6 Å². The van der Waals surface area contributed by atoms with Gasteiger partial charge in [0.05, 0.1) is 23.5 Å². The van der Waals surface area contributed by atoms with Gasteiger partial charge in [-0.25, -0.2) is 9.59 Å². The van der Waals surface area contributed by atoms with Gasteiger partial charge in [0.1, 0.15) is 15.8 Å². The van der Waals surface area contributed by atoms with Gasteiger partial charge in [-0.1, -0.05) is 29.8 Å². The molecule has 0 radical (unpaired) electrons. The van der Waals surface area contributed by atoms with Gasteiger partial charge >= 0.3 is 11.6 Å². The van der Waals surface area contributed by atoms with Gasteiger partial charge in [-0.05, 0) is 38.1 Å². The van der Waals surface area contributed by atoms with Crippen LogP contribution in [0.1, 0.15) is 22.2 Å². The van der Waals surface area contributed by atoms with Gasteiger partial charge in [0, 0.05) is 11.1 Å². The molecule has 0 saturated heterocycles. The van der Waals surface area contributed by atoms with Crippen LogP contribution in [-0.2, 0) is 9.53 Å². The zero-order chi connectivity index (χ0) is 22.0. The molecule has 158 valence electrons. The number of amides is 1. The normalized spacial score (nSPS) is 10.9. The molecule has 0 spiro atoms. The number of para-hydroxylation sites is 1. The molecule has 31 heavy (non-hydrogen) atoms. The molecule has 8 heteroatoms. The van der Waals surface area contributed by atoms with Gasteiger partial charge in [0.2, 0.25) is 5.91 Å². The Labute approximate surface area is 181 Å². The molecule has 0 aliphatic heterocycles. The maximum Gasteiger partial charge on any atom is 0.350 e. The minimum absolute atomic E-state index is 0.0401. The van der Waals surface area contributed by atoms with E-state index < -0.39 is 17.5 Å². The molecule has 0 aliphatic rings. The average Bonchev–Trinajstić information content (AvgIpc) is 3.14. The number of ether oxygens (including phenoxy) is 1. The first-order valence-electron chi connectivity index (χ1n) is 9.73. The van der Waals surface area contributed by atoms with Crippen LogP contribution in [0, 0.1) is 6.92 Å². The van der Waals surface area contributed by atoms with Crippen LogP contribution in [0.4, 0.5) is 11.4 Å². The number of hydrogen-bond acceptors (Lipinski definition) is 7. The Balaban J connectivity index is 1.72. The lowest BCUT2D eigenvalue weighted by Crippen LogP contribution is -2.23. The van der Waals surface area contributed by atoms with Crippen LogP contribution in [-0.4, -0.2) is 25.0 Å². The van der Waals surface area contributed by atoms with E-state index >= 15 is 0 Å². The summed E-state index contributed by atoms with van der Waals surface area (Å²) in [7, 11) is 0. The van der Waals surface area contributed by atoms with Crippen LogP contribution in [0.15, 0.2) is 57.7 Å². The van der Waals surface area contributed by atoms with Gasteiger partial charge in [-0.2, -0.15) is 0 Å². The van der Waals surface area contributed by atoms with Crippen LogP contribution < -0.4 is 16.3 Å². The van der Waals surface area contributed by atoms with Gasteiger partial charge in [0.15, 0.2) is 0 Å². The smallest absolute Gasteiger partial charge is 0.350 e. The first-order chi connectivity index (χ1) is 15.0. The molecule has 0 fully saturated rings. The van der Waals surface area contributed by atoms with Crippen molar-refractivity contribution in [1.29, 1.82) is 0 Å². The largest absolute Gasteiger partial charge is 0.462 e. The number of carbonyl (C=O) groups is 2. The molecule has 0 saturated carbocycles. The minimum atomic E-state index is -0.623. The number of fused-ring (bicyclic) bond motifs is 3. The van der Waals surface area contributed by atoms with Crippen molar-refractivity contribution in [1.82, 2.24) is 0 Å². The lowest BCUT2D eigenvalue weighted by Gasteiger charge is -2.09. The summed E-state index contributed by atoms with van der Waals surface area (Å²) in [5.41, 5.74) is 1.80. The minimum Gasteiger partial charge on any atom is -0.462 e. The van der Waals surface area contributed by atoms with Crippen LogP contribution >= 0.6 is 11.3 Å². The van der Waals surface area contributed by atoms with E-state index in [0.29, 0.717) is 15.7 Å². The molecule has 1 amide bonds. The Morgan fingerprint density at radius 2 is 1.84 bits per heavy atom. The molecular formula is C23H20N2O5S. The van der Waals surface area contributed by atoms with Gasteiger partial charge in [-0.3, -0.25) is 4.79 Å². The van der Waals surface area contributed by atoms with Crippen LogP contribution in [0.25, 0.3) is 21.1 Å². The van der Waals surface area contributed by atoms with Gasteiger partial charge in [0.25, 0.3) is 0 Å². The zero-order valence-corrected chi connectivity index (χ0v) is 17.8. The van der Waals surface area contributed by atoms with Crippen molar-refractivity contribution in [2.75, 3.05) is 23.8 Å². The predicted molar refractivity (Wildman–Crippen MR) is 122 cm³/mol. The Kier molecular flexibility index (Phi) is 5.73. The molecule has 7 nitrogen and oxygen atoms in total. The lowest BCUT2D eigenvalue weighted by atomic mass is 10.2. The number of rotatable bonds is 6. The van der Waals surface area contributed by atoms with Gasteiger partial charge < -0.3 is 19.8 Å². The quantitative estimate of drug-likeness (QED) is 0.340. The van der Waals surface area contributed by atoms with E-state index in [-0.39, 0.29) is 29.1 Å². The van der Waals surface area contributed by atoms with E-state index in [1.54, 1.807) is 25.1 Å². The van der Waals surface area contributed by atoms with E-state index in [9.17, 15) is 14.4 Å². The highest BCUT2D eigenvalue weighted by molar-refractivity contribution is 7.22. The second-order valence-corrected chi connectivity index (χ2v) is 7.90. The van der Waals surface area contributed by atoms with Crippen molar-refractivity contribution in [3.8, 4) is 0 Å². The number of aryl methyl sites for hydroxylation is 1. The molecule has 4 rings (SSSR count). The Bertz CT molecular complexity index is 1340. The first-order valence-corrected chi connectivity index (χ1v) is 10.6. The summed E-state index contributed by atoms with van der Waals surface area (Å²) in [5, 5.41) is 6.58. The number of esters is 1. The van der Waals surface area contributed by atoms with Crippen molar-refractivity contribution in [3.05, 3.63) is 69.4 Å². The summed E-state index contributed by atoms with van der Waals surface area (Å²) in [6, 6.07) is 14.7. The molecule has 0 atom stereocenters. The summed E-state index contributed by atoms with van der Waals surface area (Å²) in [6.07, 6.45) is 0. The molecule has 4 aromatic rings. The third-order valence-electron chi connectivity index (χ3n) is 4.68. The van der Waals surface area contributed by atoms with E-state index in [4.69, 9.17) is 9.15 Å². The predicted octanol–water partition coefficient (Wildman–Crippen LogP) is 4.54. The van der Waals surface area contributed by atoms with E-state index in [1.807, 2.05) is 37.3 Å². The summed E-state index contributed by atoms with van der Waals surface area (Å²) in [4.78, 5) is 38.1. The number of carbonyl (C=O) groups excluding carboxylic acids is 2. The Morgan fingerprint density at radius 1 is 1.10 bits per heavy atom. The van der Waals surface area contributed by atoms with Crippen molar-refractivity contribution in [3.63, 3.8) is 0 Å². The summed E-state index contributed by atoms with van der Waals surface area (Å²) in [6.45, 7) is 3.80. The second kappa shape index (κ2) is 8.61. The number of hydrogen-bond donors (Lipinski definition) is 2. The Hall–Kier alpha value is -3.65. The molecular weight excluding hydrogens is 416 g/mol. The molecule has 0 aliphatic carbocycles. The maximum absolute atomic E-state index is 12.7. The molecule has 2 heterocycles. The first kappa shape index (κ1) is 20.6. The molecule has 2 N–H and O–H groups in total. The molecule has 0 unspecified atom stereocenters. The van der Waals surface area contributed by atoms with E-state index in [0.717, 1.165) is 22.6 Å². The fraction of sp³-hybridized carbons (Fsp3) is 0.174. The third kappa shape index (κ3) is 4.15. The summed E-state index contributed by atoms with van der Waals surface area (Å²) < 4.78 is 11.1. The SMILES string of the molecule is CCOC(=O)c1sc2c(c1NC(=O)CNc1ccc(C)cc1)c(=O)oc1ccccc12. The number of anilines is 2. The Morgan fingerprint density at radius 3 is 2.58 bits per heavy atom. The standard InChI is InChI=1S/C23H20N2O5S/c1-3-29-23(28)21-19(25-17(26)12-24-14-10-8-13(2)9-11-14)18-20(31-21)15-6-4-5-7-16(15)30-22(18)27/h4-11,24H,3,12H2,1-2H3,(H,25,26). The topological polar surface area (TPSA) is 97.6 Å². The average molecular weight is 436 g/mol. The number of nitrogens with one attached hydrogen (secondary N) is 2. The highest BCUT2D eigenvalue weighted by atomic mass is 32.1. The highest BCUT2D eigenvalue weighted by Gasteiger charge is 2.25. The van der Waals surface area contributed by atoms with Crippen molar-refractivity contribution >= 4 is 55.6 Å². The lowest BCUT2D eigenvalue weighted by molar-refractivity contribution is -0.114. The highest BCUT2D eigenvalue weighted by Crippen LogP contribution is 2.38. The summed E-state index contributed by atoms with van der Waals surface area (Å²) in [5.74, 6) is -1.01. The van der Waals surface area contributed by atoms with Crippen molar-refractivity contribution in [2.24, 2.45) is 0 Å². The monoisotopic (exact) mass is 436 g/mol. The van der Waals surface area contributed by atoms with E-state index in [1.165, 1.54) is 0 Å². The second-order valence-electron chi connectivity index (χ2n) is 6.88. The van der Waals surface area contributed by atoms with Gasteiger partial charge in [-0.15, -0.1) is 11.3 Å². The fourth-order valence-corrected chi connectivity index (χ4v) is 4.37. The number of benzene rings is 2. The summed E-state index contributed by atoms with van der Waals surface area (Å²) >= 11 is 1.10. The van der Waals surface area contributed by atoms with Crippen molar-refractivity contribution in [2.45, 2.75) is 13.8 Å². The van der Waals surface area contributed by atoms with Crippen LogP contribution in [0.2, 0.25) is 0 Å². The molecule has 2 aromatic heterocycles. The van der Waals surface area contributed by atoms with Crippen molar-refractivity contribution < 1.29 is 18.7 Å². The maximum atomic E-state index is 12.7. The molecule has 0 bridgehead atoms. The van der Waals surface area contributed by atoms with Crippen LogP contribution in [0.3, 0.4) is 0 Å². The third-order valence-corrected chi connectivity index (χ3v) is 5.88. The molecule has 2 aromatic carbocycles. The fourth-order valence-electron chi connectivity index (χ4n) is 3.21. The van der Waals surface area contributed by atoms with Crippen LogP contribution in [0.5, 0.6) is 0 Å². The number of thiophene rings is 1. The zero-order valence-electron chi connectivity index (χ0n) is 17.0.